The van der Waals surface area contributed by atoms with E-state index in [0.717, 1.165) is 23.9 Å². The van der Waals surface area contributed by atoms with Crippen molar-refractivity contribution in [2.24, 2.45) is 0 Å². The molecule has 1 rings (SSSR count). The number of alkyl halides is 3. The summed E-state index contributed by atoms with van der Waals surface area (Å²) < 4.78 is 38.1. The molecule has 0 saturated carbocycles. The molecule has 0 spiro atoms. The number of carboxylic acids is 1. The van der Waals surface area contributed by atoms with Crippen LogP contribution in [0.1, 0.15) is 24.5 Å². The normalized spacial score (nSPS) is 12.8. The van der Waals surface area contributed by atoms with Crippen LogP contribution in [0.4, 0.5) is 13.2 Å². The third-order valence-corrected chi connectivity index (χ3v) is 3.69. The van der Waals surface area contributed by atoms with Gasteiger partial charge in [0.05, 0.1) is 17.2 Å². The molecule has 0 fully saturated rings. The highest BCUT2D eigenvalue weighted by Crippen LogP contribution is 2.35. The highest BCUT2D eigenvalue weighted by Gasteiger charge is 2.34. The van der Waals surface area contributed by atoms with E-state index in [1.807, 2.05) is 0 Å². The predicted octanol–water partition coefficient (Wildman–Crippen LogP) is 3.53. The van der Waals surface area contributed by atoms with E-state index in [9.17, 15) is 18.0 Å². The molecule has 7 heteroatoms. The van der Waals surface area contributed by atoms with Gasteiger partial charge in [-0.05, 0) is 24.6 Å². The minimum Gasteiger partial charge on any atom is -0.480 e. The van der Waals surface area contributed by atoms with Crippen molar-refractivity contribution in [3.63, 3.8) is 0 Å². The number of rotatable bonds is 4. The van der Waals surface area contributed by atoms with Gasteiger partial charge in [-0.25, -0.2) is 0 Å². The largest absolute Gasteiger partial charge is 0.480 e. The minimum absolute atomic E-state index is 0.181. The Morgan fingerprint density at radius 3 is 2.58 bits per heavy atom. The first-order chi connectivity index (χ1) is 8.79. The molecule has 102 valence electrons. The Kier molecular flexibility index (Phi) is 4.84. The van der Waals surface area contributed by atoms with E-state index in [2.05, 4.69) is 0 Å². The lowest BCUT2D eigenvalue weighted by Crippen LogP contribution is -2.15. The molecule has 0 radical (unpaired) electrons. The van der Waals surface area contributed by atoms with E-state index in [1.54, 1.807) is 6.92 Å². The van der Waals surface area contributed by atoms with Crippen LogP contribution in [0.25, 0.3) is 0 Å². The Bertz CT molecular complexity index is 523. The van der Waals surface area contributed by atoms with Gasteiger partial charge in [0, 0.05) is 4.90 Å². The van der Waals surface area contributed by atoms with E-state index in [-0.39, 0.29) is 4.90 Å². The first kappa shape index (κ1) is 15.4. The van der Waals surface area contributed by atoms with Crippen LogP contribution in [-0.4, -0.2) is 16.3 Å². The fraction of sp³-hybridized carbons (Fsp3) is 0.333. The molecule has 0 bridgehead atoms. The van der Waals surface area contributed by atoms with Gasteiger partial charge in [-0.1, -0.05) is 6.92 Å². The van der Waals surface area contributed by atoms with Crippen LogP contribution in [0.2, 0.25) is 0 Å². The zero-order valence-electron chi connectivity index (χ0n) is 9.86. The zero-order chi connectivity index (χ0) is 14.6. The summed E-state index contributed by atoms with van der Waals surface area (Å²) in [5.41, 5.74) is -1.51. The van der Waals surface area contributed by atoms with Crippen LogP contribution in [-0.2, 0) is 11.0 Å². The lowest BCUT2D eigenvalue weighted by Gasteiger charge is -2.13. The van der Waals surface area contributed by atoms with Crippen molar-refractivity contribution in [1.29, 1.82) is 5.26 Å². The van der Waals surface area contributed by atoms with E-state index in [1.165, 1.54) is 12.1 Å². The second kappa shape index (κ2) is 5.97. The molecule has 0 aliphatic rings. The van der Waals surface area contributed by atoms with Crippen LogP contribution in [0.5, 0.6) is 0 Å². The van der Waals surface area contributed by atoms with Crippen molar-refractivity contribution in [2.75, 3.05) is 0 Å². The van der Waals surface area contributed by atoms with Gasteiger partial charge in [-0.3, -0.25) is 4.79 Å². The molecule has 1 aromatic rings. The zero-order valence-corrected chi connectivity index (χ0v) is 10.7. The van der Waals surface area contributed by atoms with Crippen molar-refractivity contribution in [1.82, 2.24) is 0 Å². The maximum atomic E-state index is 12.7. The number of carboxylic acid groups (broad SMARTS) is 1. The van der Waals surface area contributed by atoms with Gasteiger partial charge < -0.3 is 5.11 Å². The molecular formula is C12H10F3NO2S. The molecule has 3 nitrogen and oxygen atoms in total. The Balaban J connectivity index is 3.13. The summed E-state index contributed by atoms with van der Waals surface area (Å²) >= 11 is 0.837. The van der Waals surface area contributed by atoms with Crippen LogP contribution >= 0.6 is 11.8 Å². The quantitative estimate of drug-likeness (QED) is 0.861. The molecule has 1 aromatic carbocycles. The number of nitrogens with zero attached hydrogens (tertiary/aromatic N) is 1. The summed E-state index contributed by atoms with van der Waals surface area (Å²) in [6, 6.07) is 4.67. The summed E-state index contributed by atoms with van der Waals surface area (Å²) in [7, 11) is 0. The van der Waals surface area contributed by atoms with Gasteiger partial charge in [-0.2, -0.15) is 18.4 Å². The Labute approximate surface area is 112 Å². The molecule has 0 heterocycles. The van der Waals surface area contributed by atoms with E-state index < -0.39 is 28.5 Å². The van der Waals surface area contributed by atoms with Crippen molar-refractivity contribution in [2.45, 2.75) is 29.7 Å². The third-order valence-electron chi connectivity index (χ3n) is 2.34. The number of nitriles is 1. The van der Waals surface area contributed by atoms with Gasteiger partial charge in [0.2, 0.25) is 0 Å². The topological polar surface area (TPSA) is 61.1 Å². The number of halogens is 3. The van der Waals surface area contributed by atoms with Crippen LogP contribution in [0.3, 0.4) is 0 Å². The molecule has 0 saturated heterocycles. The van der Waals surface area contributed by atoms with Gasteiger partial charge in [0.15, 0.2) is 0 Å². The van der Waals surface area contributed by atoms with Crippen molar-refractivity contribution in [3.05, 3.63) is 29.3 Å². The van der Waals surface area contributed by atoms with Crippen molar-refractivity contribution in [3.8, 4) is 6.07 Å². The first-order valence-corrected chi connectivity index (χ1v) is 6.18. The summed E-state index contributed by atoms with van der Waals surface area (Å²) in [5.74, 6) is -1.08. The maximum absolute atomic E-state index is 12.7. The Morgan fingerprint density at radius 1 is 1.53 bits per heavy atom. The minimum atomic E-state index is -4.63. The maximum Gasteiger partial charge on any atom is 0.417 e. The monoisotopic (exact) mass is 289 g/mol. The van der Waals surface area contributed by atoms with Gasteiger partial charge in [-0.15, -0.1) is 11.8 Å². The smallest absolute Gasteiger partial charge is 0.417 e. The van der Waals surface area contributed by atoms with Crippen molar-refractivity contribution >= 4 is 17.7 Å². The summed E-state index contributed by atoms with van der Waals surface area (Å²) in [5, 5.41) is 16.7. The van der Waals surface area contributed by atoms with E-state index in [0.29, 0.717) is 6.42 Å². The van der Waals surface area contributed by atoms with Gasteiger partial charge in [0.1, 0.15) is 5.25 Å². The van der Waals surface area contributed by atoms with Crippen LogP contribution in [0.15, 0.2) is 23.1 Å². The summed E-state index contributed by atoms with van der Waals surface area (Å²) in [6.45, 7) is 1.64. The fourth-order valence-electron chi connectivity index (χ4n) is 1.40. The van der Waals surface area contributed by atoms with Crippen LogP contribution < -0.4 is 0 Å². The standard InChI is InChI=1S/C12H10F3NO2S/c1-2-10(11(17)18)19-8-4-3-7(6-16)9(5-8)12(13,14)15/h3-5,10H,2H2,1H3,(H,17,18). The number of thioether (sulfide) groups is 1. The molecule has 0 aromatic heterocycles. The first-order valence-electron chi connectivity index (χ1n) is 5.30. The second-order valence-electron chi connectivity index (χ2n) is 3.67. The van der Waals surface area contributed by atoms with E-state index >= 15 is 0 Å². The highest BCUT2D eigenvalue weighted by atomic mass is 32.2. The van der Waals surface area contributed by atoms with Gasteiger partial charge in [0.25, 0.3) is 0 Å². The molecule has 19 heavy (non-hydrogen) atoms. The lowest BCUT2D eigenvalue weighted by atomic mass is 10.1. The molecule has 0 aliphatic carbocycles. The summed E-state index contributed by atoms with van der Waals surface area (Å²) in [6.07, 6.45) is -4.34. The number of hydrogen-bond donors (Lipinski definition) is 1. The average molecular weight is 289 g/mol. The SMILES string of the molecule is CCC(Sc1ccc(C#N)c(C(F)(F)F)c1)C(=O)O. The fourth-order valence-corrected chi connectivity index (χ4v) is 2.33. The van der Waals surface area contributed by atoms with Crippen LogP contribution in [0, 0.1) is 11.3 Å². The molecule has 0 aliphatic heterocycles. The molecule has 1 atom stereocenters. The molecule has 1 unspecified atom stereocenters. The second-order valence-corrected chi connectivity index (χ2v) is 4.95. The number of benzene rings is 1. The number of carbonyl (C=O) groups is 1. The average Bonchev–Trinajstić information content (AvgIpc) is 2.34. The third kappa shape index (κ3) is 3.89. The summed E-state index contributed by atoms with van der Waals surface area (Å²) in [4.78, 5) is 11.0. The molecular weight excluding hydrogens is 279 g/mol. The Hall–Kier alpha value is -1.68. The number of hydrogen-bond acceptors (Lipinski definition) is 3. The van der Waals surface area contributed by atoms with E-state index in [4.69, 9.17) is 10.4 Å². The molecule has 1 N–H and O–H groups in total. The number of aliphatic carboxylic acids is 1. The Morgan fingerprint density at radius 2 is 2.16 bits per heavy atom. The lowest BCUT2D eigenvalue weighted by molar-refractivity contribution is -0.138. The predicted molar refractivity (Wildman–Crippen MR) is 63.7 cm³/mol. The highest BCUT2D eigenvalue weighted by molar-refractivity contribution is 8.00. The van der Waals surface area contributed by atoms with Crippen molar-refractivity contribution < 1.29 is 23.1 Å². The van der Waals surface area contributed by atoms with Gasteiger partial charge >= 0.3 is 12.1 Å². The molecule has 0 amide bonds.